The van der Waals surface area contributed by atoms with Crippen molar-refractivity contribution in [2.45, 2.75) is 0 Å². The molecule has 12 N–H and O–H groups in total. The van der Waals surface area contributed by atoms with Crippen molar-refractivity contribution in [2.75, 3.05) is 39.3 Å². The van der Waals surface area contributed by atoms with Gasteiger partial charge in [-0.1, -0.05) is 0 Å². The van der Waals surface area contributed by atoms with E-state index in [1.54, 1.807) is 0 Å². The topological polar surface area (TPSA) is 156 Å². The van der Waals surface area contributed by atoms with Crippen molar-refractivity contribution in [1.82, 2.24) is 0 Å². The second-order valence-corrected chi connectivity index (χ2v) is 1.73. The molecule has 0 rings (SSSR count). The fourth-order valence-electron chi connectivity index (χ4n) is 0. The SMILES string of the molecule is NCCN.NCCN.NCCN.[Cu+2]. The first-order chi connectivity index (χ1) is 5.74. The van der Waals surface area contributed by atoms with Gasteiger partial charge in [0.15, 0.2) is 0 Å². The molecule has 0 atom stereocenters. The van der Waals surface area contributed by atoms with Crippen LogP contribution in [-0.4, -0.2) is 39.3 Å². The number of hydrogen-bond acceptors (Lipinski definition) is 6. The van der Waals surface area contributed by atoms with Crippen LogP contribution in [0, 0.1) is 0 Å². The van der Waals surface area contributed by atoms with Crippen LogP contribution in [-0.2, 0) is 17.1 Å². The van der Waals surface area contributed by atoms with Gasteiger partial charge in [0.2, 0.25) is 0 Å². The summed E-state index contributed by atoms with van der Waals surface area (Å²) in [7, 11) is 0. The molecule has 0 aliphatic carbocycles. The van der Waals surface area contributed by atoms with Crippen LogP contribution in [0.25, 0.3) is 0 Å². The van der Waals surface area contributed by atoms with Gasteiger partial charge in [0.25, 0.3) is 0 Å². The largest absolute Gasteiger partial charge is 2.00 e. The normalized spacial score (nSPS) is 6.92. The van der Waals surface area contributed by atoms with Crippen molar-refractivity contribution in [3.63, 3.8) is 0 Å². The maximum atomic E-state index is 4.90. The Morgan fingerprint density at radius 1 is 0.385 bits per heavy atom. The van der Waals surface area contributed by atoms with Gasteiger partial charge in [-0.2, -0.15) is 0 Å². The summed E-state index contributed by atoms with van der Waals surface area (Å²) in [6.07, 6.45) is 0. The zero-order valence-electron chi connectivity index (χ0n) is 8.01. The van der Waals surface area contributed by atoms with Crippen LogP contribution in [0.1, 0.15) is 0 Å². The first kappa shape index (κ1) is 23.3. The Hall–Kier alpha value is 0.279. The average Bonchev–Trinajstić information content (AvgIpc) is 2.18. The van der Waals surface area contributed by atoms with E-state index in [0.717, 1.165) is 0 Å². The van der Waals surface area contributed by atoms with Crippen molar-refractivity contribution in [2.24, 2.45) is 34.4 Å². The number of nitrogens with two attached hydrogens (primary N) is 6. The Kier molecular flexibility index (Phi) is 70.9. The van der Waals surface area contributed by atoms with E-state index in [1.165, 1.54) is 0 Å². The summed E-state index contributed by atoms with van der Waals surface area (Å²) < 4.78 is 0. The minimum atomic E-state index is 0. The average molecular weight is 244 g/mol. The molecule has 0 aromatic rings. The molecule has 87 valence electrons. The summed E-state index contributed by atoms with van der Waals surface area (Å²) in [4.78, 5) is 0. The van der Waals surface area contributed by atoms with E-state index >= 15 is 0 Å². The zero-order valence-corrected chi connectivity index (χ0v) is 8.95. The van der Waals surface area contributed by atoms with Crippen LogP contribution in [0.15, 0.2) is 0 Å². The molecular formula is C6H24CuN6+2. The Morgan fingerprint density at radius 3 is 0.462 bits per heavy atom. The Balaban J connectivity index is -0.0000000450. The number of hydrogen-bond donors (Lipinski definition) is 6. The summed E-state index contributed by atoms with van der Waals surface area (Å²) in [5.41, 5.74) is 29.4. The third kappa shape index (κ3) is 121. The molecule has 13 heavy (non-hydrogen) atoms. The molecule has 0 aliphatic heterocycles. The van der Waals surface area contributed by atoms with Crippen molar-refractivity contribution in [1.29, 1.82) is 0 Å². The van der Waals surface area contributed by atoms with Gasteiger partial charge < -0.3 is 34.4 Å². The van der Waals surface area contributed by atoms with Gasteiger partial charge in [-0.15, -0.1) is 0 Å². The van der Waals surface area contributed by atoms with Gasteiger partial charge in [-0.25, -0.2) is 0 Å². The quantitative estimate of drug-likeness (QED) is 0.285. The number of rotatable bonds is 3. The molecule has 0 spiro atoms. The van der Waals surface area contributed by atoms with Crippen LogP contribution < -0.4 is 34.4 Å². The van der Waals surface area contributed by atoms with Crippen LogP contribution >= 0.6 is 0 Å². The zero-order chi connectivity index (χ0) is 10.2. The van der Waals surface area contributed by atoms with Crippen LogP contribution in [0.4, 0.5) is 0 Å². The van der Waals surface area contributed by atoms with E-state index in [2.05, 4.69) is 0 Å². The molecule has 1 radical (unpaired) electrons. The molecule has 0 saturated heterocycles. The van der Waals surface area contributed by atoms with E-state index in [-0.39, 0.29) is 17.1 Å². The fraction of sp³-hybridized carbons (Fsp3) is 1.00. The van der Waals surface area contributed by atoms with E-state index in [1.807, 2.05) is 0 Å². The van der Waals surface area contributed by atoms with Crippen LogP contribution in [0.5, 0.6) is 0 Å². The van der Waals surface area contributed by atoms with E-state index in [9.17, 15) is 0 Å². The molecule has 0 amide bonds. The first-order valence-corrected chi connectivity index (χ1v) is 3.95. The summed E-state index contributed by atoms with van der Waals surface area (Å²) in [5, 5.41) is 0. The van der Waals surface area contributed by atoms with Crippen molar-refractivity contribution < 1.29 is 17.1 Å². The standard InChI is InChI=1S/3C2H8N2.Cu/c3*3-1-2-4;/h3*1-4H2;/q;;;+2. The van der Waals surface area contributed by atoms with Gasteiger partial charge in [-0.05, 0) is 0 Å². The van der Waals surface area contributed by atoms with Gasteiger partial charge in [0, 0.05) is 39.3 Å². The fourth-order valence-corrected chi connectivity index (χ4v) is 0. The Bertz CT molecular complexity index is 32.6. The molecule has 7 heteroatoms. The summed E-state index contributed by atoms with van der Waals surface area (Å²) in [6, 6.07) is 0. The second-order valence-electron chi connectivity index (χ2n) is 1.73. The van der Waals surface area contributed by atoms with Crippen molar-refractivity contribution in [3.05, 3.63) is 0 Å². The van der Waals surface area contributed by atoms with Crippen LogP contribution in [0.2, 0.25) is 0 Å². The molecule has 0 fully saturated rings. The molecule has 0 saturated carbocycles. The van der Waals surface area contributed by atoms with Crippen molar-refractivity contribution in [3.8, 4) is 0 Å². The maximum absolute atomic E-state index is 4.90. The van der Waals surface area contributed by atoms with Gasteiger partial charge in [-0.3, -0.25) is 0 Å². The molecular weight excluding hydrogens is 220 g/mol. The predicted molar refractivity (Wildman–Crippen MR) is 54.3 cm³/mol. The minimum Gasteiger partial charge on any atom is -0.329 e. The smallest absolute Gasteiger partial charge is 0.329 e. The molecule has 0 aliphatic rings. The van der Waals surface area contributed by atoms with Gasteiger partial charge in [0.1, 0.15) is 0 Å². The summed E-state index contributed by atoms with van der Waals surface area (Å²) in [5.74, 6) is 0. The van der Waals surface area contributed by atoms with E-state index < -0.39 is 0 Å². The summed E-state index contributed by atoms with van der Waals surface area (Å²) in [6.45, 7) is 3.58. The second kappa shape index (κ2) is 39.6. The molecule has 0 bridgehead atoms. The van der Waals surface area contributed by atoms with Crippen molar-refractivity contribution >= 4 is 0 Å². The molecule has 0 aromatic carbocycles. The van der Waals surface area contributed by atoms with Gasteiger partial charge in [0.05, 0.1) is 0 Å². The van der Waals surface area contributed by atoms with E-state index in [4.69, 9.17) is 34.4 Å². The molecule has 0 heterocycles. The first-order valence-electron chi connectivity index (χ1n) is 3.95. The Morgan fingerprint density at radius 2 is 0.462 bits per heavy atom. The van der Waals surface area contributed by atoms with Crippen LogP contribution in [0.3, 0.4) is 0 Å². The third-order valence-electron chi connectivity index (χ3n) is 0.500. The monoisotopic (exact) mass is 243 g/mol. The predicted octanol–water partition coefficient (Wildman–Crippen LogP) is -3.29. The minimum absolute atomic E-state index is 0. The Labute approximate surface area is 91.2 Å². The third-order valence-corrected chi connectivity index (χ3v) is 0.500. The molecule has 6 nitrogen and oxygen atoms in total. The summed E-state index contributed by atoms with van der Waals surface area (Å²) >= 11 is 0. The molecule has 0 aromatic heterocycles. The van der Waals surface area contributed by atoms with E-state index in [0.29, 0.717) is 39.3 Å². The maximum Gasteiger partial charge on any atom is 2.00 e. The van der Waals surface area contributed by atoms with Gasteiger partial charge >= 0.3 is 17.1 Å². The molecule has 0 unspecified atom stereocenters.